The minimum atomic E-state index is -0.0117. The number of piperazine rings is 1. The van der Waals surface area contributed by atoms with Crippen molar-refractivity contribution in [1.29, 1.82) is 0 Å². The third-order valence-electron chi connectivity index (χ3n) is 5.13. The van der Waals surface area contributed by atoms with Crippen LogP contribution in [0.25, 0.3) is 11.1 Å². The van der Waals surface area contributed by atoms with Crippen molar-refractivity contribution in [3.63, 3.8) is 0 Å². The highest BCUT2D eigenvalue weighted by atomic mass is 16.5. The highest BCUT2D eigenvalue weighted by Gasteiger charge is 2.25. The molecule has 1 aliphatic rings. The van der Waals surface area contributed by atoms with E-state index in [0.29, 0.717) is 25.4 Å². The van der Waals surface area contributed by atoms with Crippen molar-refractivity contribution in [2.75, 3.05) is 45.9 Å². The third-order valence-corrected chi connectivity index (χ3v) is 5.13. The molecular formula is C23H30N3O3+. The van der Waals surface area contributed by atoms with E-state index in [1.807, 2.05) is 66.4 Å². The minimum Gasteiger partial charge on any atom is -0.483 e. The maximum Gasteiger partial charge on any atom is 0.275 e. The lowest BCUT2D eigenvalue weighted by Crippen LogP contribution is -3.15. The van der Waals surface area contributed by atoms with Crippen LogP contribution in [0, 0.1) is 0 Å². The molecule has 0 unspecified atom stereocenters. The molecule has 0 saturated carbocycles. The predicted molar refractivity (Wildman–Crippen MR) is 113 cm³/mol. The van der Waals surface area contributed by atoms with Gasteiger partial charge in [-0.3, -0.25) is 9.59 Å². The fraction of sp³-hybridized carbons (Fsp3) is 0.391. The molecule has 0 spiro atoms. The minimum absolute atomic E-state index is 0.0117. The molecule has 2 amide bonds. The number of carbonyl (C=O) groups excluding carboxylic acids is 2. The number of para-hydroxylation sites is 1. The first-order chi connectivity index (χ1) is 14.2. The normalized spacial score (nSPS) is 14.4. The second kappa shape index (κ2) is 10.6. The highest BCUT2D eigenvalue weighted by molar-refractivity contribution is 5.79. The fourth-order valence-electron chi connectivity index (χ4n) is 3.48. The largest absolute Gasteiger partial charge is 0.483 e. The molecule has 2 N–H and O–H groups in total. The van der Waals surface area contributed by atoms with Crippen LogP contribution in [-0.4, -0.2) is 62.6 Å². The van der Waals surface area contributed by atoms with E-state index in [-0.39, 0.29) is 18.4 Å². The van der Waals surface area contributed by atoms with Crippen LogP contribution in [-0.2, 0) is 9.59 Å². The Kier molecular flexibility index (Phi) is 7.64. The van der Waals surface area contributed by atoms with Gasteiger partial charge in [0.2, 0.25) is 0 Å². The first-order valence-electron chi connectivity index (χ1n) is 10.3. The first-order valence-corrected chi connectivity index (χ1v) is 10.3. The van der Waals surface area contributed by atoms with Crippen LogP contribution >= 0.6 is 0 Å². The van der Waals surface area contributed by atoms with Gasteiger partial charge >= 0.3 is 0 Å². The van der Waals surface area contributed by atoms with Crippen molar-refractivity contribution in [1.82, 2.24) is 10.2 Å². The number of benzene rings is 2. The van der Waals surface area contributed by atoms with Crippen LogP contribution in [0.3, 0.4) is 0 Å². The molecule has 0 aliphatic carbocycles. The van der Waals surface area contributed by atoms with E-state index in [1.165, 1.54) is 4.90 Å². The molecule has 1 saturated heterocycles. The molecule has 0 bridgehead atoms. The van der Waals surface area contributed by atoms with Gasteiger partial charge in [-0.15, -0.1) is 0 Å². The lowest BCUT2D eigenvalue weighted by Gasteiger charge is -2.31. The Hall–Kier alpha value is -2.86. The number of rotatable bonds is 8. The molecule has 1 aliphatic heterocycles. The van der Waals surface area contributed by atoms with Crippen LogP contribution in [0.4, 0.5) is 0 Å². The van der Waals surface area contributed by atoms with Gasteiger partial charge in [-0.05, 0) is 18.1 Å². The zero-order chi connectivity index (χ0) is 20.5. The number of hydrogen-bond acceptors (Lipinski definition) is 3. The Labute approximate surface area is 172 Å². The second-order valence-electron chi connectivity index (χ2n) is 7.31. The van der Waals surface area contributed by atoms with Crippen LogP contribution in [0.5, 0.6) is 5.75 Å². The van der Waals surface area contributed by atoms with Crippen LogP contribution < -0.4 is 15.0 Å². The molecule has 0 aromatic heterocycles. The van der Waals surface area contributed by atoms with Gasteiger partial charge in [0.25, 0.3) is 11.8 Å². The van der Waals surface area contributed by atoms with Crippen molar-refractivity contribution in [2.24, 2.45) is 0 Å². The van der Waals surface area contributed by atoms with E-state index >= 15 is 0 Å². The van der Waals surface area contributed by atoms with Crippen molar-refractivity contribution in [3.8, 4) is 16.9 Å². The number of carbonyl (C=O) groups is 2. The molecule has 0 radical (unpaired) electrons. The number of nitrogens with one attached hydrogen (secondary N) is 2. The zero-order valence-electron chi connectivity index (χ0n) is 17.0. The molecule has 2 aromatic carbocycles. The maximum atomic E-state index is 12.6. The molecule has 1 heterocycles. The van der Waals surface area contributed by atoms with Crippen LogP contribution in [0.1, 0.15) is 13.3 Å². The standard InChI is InChI=1S/C23H29N3O3/c1-2-12-24-22(27)17-25-13-15-26(16-14-25)23(28)18-29-21-11-7-6-10-20(21)19-8-4-3-5-9-19/h3-11H,2,12-18H2,1H3,(H,24,27)/p+1. The number of amides is 2. The Bertz CT molecular complexity index is 802. The Morgan fingerprint density at radius 1 is 1.03 bits per heavy atom. The number of ether oxygens (including phenoxy) is 1. The maximum absolute atomic E-state index is 12.6. The van der Waals surface area contributed by atoms with Gasteiger partial charge in [-0.1, -0.05) is 55.5 Å². The molecular weight excluding hydrogens is 366 g/mol. The summed E-state index contributed by atoms with van der Waals surface area (Å²) in [6.45, 7) is 6.13. The van der Waals surface area contributed by atoms with E-state index in [2.05, 4.69) is 5.32 Å². The second-order valence-corrected chi connectivity index (χ2v) is 7.31. The number of quaternary nitrogens is 1. The van der Waals surface area contributed by atoms with E-state index in [1.54, 1.807) is 0 Å². The molecule has 29 heavy (non-hydrogen) atoms. The van der Waals surface area contributed by atoms with Gasteiger partial charge in [0, 0.05) is 12.1 Å². The summed E-state index contributed by atoms with van der Waals surface area (Å²) in [6.07, 6.45) is 0.941. The van der Waals surface area contributed by atoms with Gasteiger partial charge in [0.05, 0.1) is 26.2 Å². The van der Waals surface area contributed by atoms with Crippen molar-refractivity contribution < 1.29 is 19.2 Å². The summed E-state index contributed by atoms with van der Waals surface area (Å²) in [7, 11) is 0. The molecule has 2 aromatic rings. The SMILES string of the molecule is CCCNC(=O)C[NH+]1CCN(C(=O)COc2ccccc2-c2ccccc2)CC1. The molecule has 3 rings (SSSR count). The molecule has 0 atom stereocenters. The lowest BCUT2D eigenvalue weighted by molar-refractivity contribution is -0.896. The quantitative estimate of drug-likeness (QED) is 0.699. The zero-order valence-corrected chi connectivity index (χ0v) is 17.0. The van der Waals surface area contributed by atoms with Crippen molar-refractivity contribution >= 4 is 11.8 Å². The molecule has 6 nitrogen and oxygen atoms in total. The van der Waals surface area contributed by atoms with Crippen molar-refractivity contribution in [2.45, 2.75) is 13.3 Å². The van der Waals surface area contributed by atoms with Crippen molar-refractivity contribution in [3.05, 3.63) is 54.6 Å². The summed E-state index contributed by atoms with van der Waals surface area (Å²) >= 11 is 0. The van der Waals surface area contributed by atoms with Crippen LogP contribution in [0.15, 0.2) is 54.6 Å². The Balaban J connectivity index is 1.48. The van der Waals surface area contributed by atoms with E-state index < -0.39 is 0 Å². The summed E-state index contributed by atoms with van der Waals surface area (Å²) in [5.74, 6) is 0.786. The average Bonchev–Trinajstić information content (AvgIpc) is 2.77. The monoisotopic (exact) mass is 396 g/mol. The number of nitrogens with zero attached hydrogens (tertiary/aromatic N) is 1. The summed E-state index contributed by atoms with van der Waals surface area (Å²) < 4.78 is 5.88. The van der Waals surface area contributed by atoms with Gasteiger partial charge in [0.1, 0.15) is 5.75 Å². The predicted octanol–water partition coefficient (Wildman–Crippen LogP) is 0.986. The van der Waals surface area contributed by atoms with E-state index in [4.69, 9.17) is 4.74 Å². The molecule has 154 valence electrons. The van der Waals surface area contributed by atoms with E-state index in [9.17, 15) is 9.59 Å². The highest BCUT2D eigenvalue weighted by Crippen LogP contribution is 2.29. The smallest absolute Gasteiger partial charge is 0.275 e. The lowest BCUT2D eigenvalue weighted by atomic mass is 10.1. The van der Waals surface area contributed by atoms with E-state index in [0.717, 1.165) is 37.2 Å². The Morgan fingerprint density at radius 2 is 1.72 bits per heavy atom. The van der Waals surface area contributed by atoms with Gasteiger partial charge in [-0.25, -0.2) is 0 Å². The third kappa shape index (κ3) is 6.06. The number of hydrogen-bond donors (Lipinski definition) is 2. The average molecular weight is 397 g/mol. The van der Waals surface area contributed by atoms with Gasteiger partial charge in [-0.2, -0.15) is 0 Å². The topological polar surface area (TPSA) is 63.1 Å². The summed E-state index contributed by atoms with van der Waals surface area (Å²) in [4.78, 5) is 27.5. The fourth-order valence-corrected chi connectivity index (χ4v) is 3.48. The molecule has 6 heteroatoms. The molecule has 1 fully saturated rings. The summed E-state index contributed by atoms with van der Waals surface area (Å²) in [5, 5.41) is 2.91. The van der Waals surface area contributed by atoms with Gasteiger partial charge in [0.15, 0.2) is 13.2 Å². The summed E-state index contributed by atoms with van der Waals surface area (Å²) in [6, 6.07) is 17.8. The van der Waals surface area contributed by atoms with Gasteiger partial charge < -0.3 is 19.9 Å². The Morgan fingerprint density at radius 3 is 2.45 bits per heavy atom. The summed E-state index contributed by atoms with van der Waals surface area (Å²) in [5.41, 5.74) is 2.04. The first kappa shape index (κ1) is 20.9. The van der Waals surface area contributed by atoms with Crippen LogP contribution in [0.2, 0.25) is 0 Å².